The van der Waals surface area contributed by atoms with Gasteiger partial charge in [-0.3, -0.25) is 29.4 Å². The summed E-state index contributed by atoms with van der Waals surface area (Å²) in [7, 11) is 1.38. The summed E-state index contributed by atoms with van der Waals surface area (Å²) in [6.07, 6.45) is 1.50. The van der Waals surface area contributed by atoms with Crippen molar-refractivity contribution in [1.82, 2.24) is 4.90 Å². The summed E-state index contributed by atoms with van der Waals surface area (Å²) in [5.41, 5.74) is 1.85. The van der Waals surface area contributed by atoms with Crippen LogP contribution in [0.4, 0.5) is 17.1 Å². The van der Waals surface area contributed by atoms with Crippen molar-refractivity contribution in [3.8, 4) is 5.75 Å². The van der Waals surface area contributed by atoms with Crippen molar-refractivity contribution in [3.63, 3.8) is 0 Å². The Balaban J connectivity index is 1.56. The standard InChI is InChI=1S/C25H24N4O6/c1-12-6-8-15-21(13(12)2)26-24(32)25(15)20-19(16-5-4-10-27(16)25)22(30)28(23(20)31)17-11-14(29(33)34)7-9-18(17)35-3/h6-9,11,16,19-20H,4-5,10H2,1-3H3,(H,26,32)/t16-,19+,20-,25+/m0/s1. The first kappa shape index (κ1) is 21.7. The summed E-state index contributed by atoms with van der Waals surface area (Å²) >= 11 is 0. The van der Waals surface area contributed by atoms with Crippen molar-refractivity contribution >= 4 is 34.8 Å². The van der Waals surface area contributed by atoms with Crippen LogP contribution in [0.2, 0.25) is 0 Å². The largest absolute Gasteiger partial charge is 0.495 e. The molecule has 3 amide bonds. The number of anilines is 2. The number of hydrogen-bond donors (Lipinski definition) is 1. The Morgan fingerprint density at radius 1 is 1.14 bits per heavy atom. The third-order valence-corrected chi connectivity index (χ3v) is 8.31. The number of nitrogens with zero attached hydrogens (tertiary/aromatic N) is 3. The lowest BCUT2D eigenvalue weighted by atomic mass is 9.75. The first-order chi connectivity index (χ1) is 16.7. The number of aryl methyl sites for hydroxylation is 1. The Kier molecular flexibility index (Phi) is 4.41. The summed E-state index contributed by atoms with van der Waals surface area (Å²) < 4.78 is 5.36. The molecule has 0 saturated carbocycles. The molecule has 180 valence electrons. The summed E-state index contributed by atoms with van der Waals surface area (Å²) in [5.74, 6) is -2.76. The molecule has 4 atom stereocenters. The highest BCUT2D eigenvalue weighted by atomic mass is 16.6. The number of fused-ring (bicyclic) bond motifs is 7. The van der Waals surface area contributed by atoms with Crippen molar-refractivity contribution in [2.24, 2.45) is 11.8 Å². The predicted molar refractivity (Wildman–Crippen MR) is 125 cm³/mol. The van der Waals surface area contributed by atoms with Crippen LogP contribution in [0.1, 0.15) is 29.5 Å². The number of amides is 3. The molecule has 2 aromatic carbocycles. The molecule has 0 radical (unpaired) electrons. The van der Waals surface area contributed by atoms with Gasteiger partial charge in [0.2, 0.25) is 17.7 Å². The topological polar surface area (TPSA) is 122 Å². The maximum Gasteiger partial charge on any atom is 0.271 e. The number of ether oxygens (including phenoxy) is 1. The van der Waals surface area contributed by atoms with Crippen molar-refractivity contribution in [2.75, 3.05) is 23.9 Å². The van der Waals surface area contributed by atoms with E-state index in [4.69, 9.17) is 4.74 Å². The van der Waals surface area contributed by atoms with Crippen LogP contribution in [0.5, 0.6) is 5.75 Å². The maximum atomic E-state index is 14.1. The van der Waals surface area contributed by atoms with Crippen molar-refractivity contribution in [2.45, 2.75) is 38.3 Å². The van der Waals surface area contributed by atoms with E-state index in [1.807, 2.05) is 26.0 Å². The third kappa shape index (κ3) is 2.49. The minimum Gasteiger partial charge on any atom is -0.495 e. The van der Waals surface area contributed by atoms with Gasteiger partial charge in [-0.2, -0.15) is 0 Å². The Hall–Kier alpha value is -3.79. The van der Waals surface area contributed by atoms with Gasteiger partial charge in [0.05, 0.1) is 23.9 Å². The Labute approximate surface area is 201 Å². The van der Waals surface area contributed by atoms with Crippen LogP contribution in [0.25, 0.3) is 0 Å². The average molecular weight is 476 g/mol. The van der Waals surface area contributed by atoms with Gasteiger partial charge in [0, 0.05) is 29.4 Å². The summed E-state index contributed by atoms with van der Waals surface area (Å²) in [4.78, 5) is 55.7. The highest BCUT2D eigenvalue weighted by Crippen LogP contribution is 2.61. The van der Waals surface area contributed by atoms with E-state index < -0.39 is 34.1 Å². The highest BCUT2D eigenvalue weighted by Gasteiger charge is 2.75. The molecule has 0 aromatic heterocycles. The van der Waals surface area contributed by atoms with Gasteiger partial charge < -0.3 is 10.1 Å². The van der Waals surface area contributed by atoms with E-state index in [0.717, 1.165) is 28.0 Å². The number of nitro groups is 1. The molecule has 0 aliphatic carbocycles. The first-order valence-electron chi connectivity index (χ1n) is 11.6. The zero-order valence-corrected chi connectivity index (χ0v) is 19.5. The molecule has 4 heterocycles. The molecule has 10 heteroatoms. The number of carbonyl (C=O) groups excluding carboxylic acids is 3. The molecule has 35 heavy (non-hydrogen) atoms. The van der Waals surface area contributed by atoms with Gasteiger partial charge in [-0.1, -0.05) is 12.1 Å². The molecule has 3 saturated heterocycles. The lowest BCUT2D eigenvalue weighted by Gasteiger charge is -2.36. The van der Waals surface area contributed by atoms with Gasteiger partial charge in [0.25, 0.3) is 5.69 Å². The van der Waals surface area contributed by atoms with Crippen molar-refractivity contribution in [3.05, 3.63) is 57.1 Å². The van der Waals surface area contributed by atoms with Crippen LogP contribution in [0, 0.1) is 35.8 Å². The van der Waals surface area contributed by atoms with E-state index in [0.29, 0.717) is 18.7 Å². The minimum absolute atomic E-state index is 0.0320. The third-order valence-electron chi connectivity index (χ3n) is 8.31. The quantitative estimate of drug-likeness (QED) is 0.411. The first-order valence-corrected chi connectivity index (χ1v) is 11.6. The second-order valence-electron chi connectivity index (χ2n) is 9.68. The lowest BCUT2D eigenvalue weighted by molar-refractivity contribution is -0.384. The summed E-state index contributed by atoms with van der Waals surface area (Å²) in [6.45, 7) is 4.50. The molecule has 6 rings (SSSR count). The molecule has 1 spiro atoms. The lowest BCUT2D eigenvalue weighted by Crippen LogP contribution is -2.54. The number of benzene rings is 2. The van der Waals surface area contributed by atoms with E-state index >= 15 is 0 Å². The van der Waals surface area contributed by atoms with Gasteiger partial charge in [0.1, 0.15) is 17.0 Å². The fraction of sp³-hybridized carbons (Fsp3) is 0.400. The summed E-state index contributed by atoms with van der Waals surface area (Å²) in [6, 6.07) is 7.39. The number of nitro benzene ring substituents is 1. The Morgan fingerprint density at radius 2 is 1.91 bits per heavy atom. The predicted octanol–water partition coefficient (Wildman–Crippen LogP) is 2.65. The summed E-state index contributed by atoms with van der Waals surface area (Å²) in [5, 5.41) is 14.5. The van der Waals surface area contributed by atoms with Crippen LogP contribution in [-0.4, -0.2) is 47.2 Å². The normalized spacial score (nSPS) is 28.9. The fourth-order valence-corrected chi connectivity index (χ4v) is 6.72. The molecule has 0 unspecified atom stereocenters. The fourth-order valence-electron chi connectivity index (χ4n) is 6.72. The van der Waals surface area contributed by atoms with Crippen molar-refractivity contribution < 1.29 is 24.0 Å². The second-order valence-corrected chi connectivity index (χ2v) is 9.68. The van der Waals surface area contributed by atoms with Gasteiger partial charge in [-0.05, 0) is 50.4 Å². The second kappa shape index (κ2) is 7.11. The van der Waals surface area contributed by atoms with Gasteiger partial charge in [-0.25, -0.2) is 4.90 Å². The SMILES string of the molecule is COc1ccc([N+](=O)[O-])cc1N1C(=O)[C@H]2[C@@H](C1=O)[C@]1(C(=O)Nc3c1ccc(C)c3C)N1CCC[C@@H]21. The van der Waals surface area contributed by atoms with E-state index in [1.54, 1.807) is 0 Å². The van der Waals surface area contributed by atoms with Gasteiger partial charge in [0.15, 0.2) is 0 Å². The van der Waals surface area contributed by atoms with Crippen LogP contribution in [-0.2, 0) is 19.9 Å². The van der Waals surface area contributed by atoms with Crippen LogP contribution in [0.3, 0.4) is 0 Å². The number of methoxy groups -OCH3 is 1. The minimum atomic E-state index is -1.30. The van der Waals surface area contributed by atoms with Gasteiger partial charge >= 0.3 is 0 Å². The number of imide groups is 1. The zero-order chi connectivity index (χ0) is 24.8. The Morgan fingerprint density at radius 3 is 2.63 bits per heavy atom. The smallest absolute Gasteiger partial charge is 0.271 e. The molecule has 2 aromatic rings. The number of nitrogens with one attached hydrogen (secondary N) is 1. The monoisotopic (exact) mass is 476 g/mol. The molecule has 0 bridgehead atoms. The number of rotatable bonds is 3. The number of non-ortho nitro benzene ring substituents is 1. The van der Waals surface area contributed by atoms with E-state index in [2.05, 4.69) is 10.2 Å². The van der Waals surface area contributed by atoms with E-state index in [-0.39, 0.29) is 29.1 Å². The molecule has 4 aliphatic rings. The molecule has 3 fully saturated rings. The average Bonchev–Trinajstić information content (AvgIpc) is 3.54. The maximum absolute atomic E-state index is 14.1. The number of hydrogen-bond acceptors (Lipinski definition) is 7. The molecule has 10 nitrogen and oxygen atoms in total. The van der Waals surface area contributed by atoms with E-state index in [9.17, 15) is 24.5 Å². The van der Waals surface area contributed by atoms with Crippen LogP contribution >= 0.6 is 0 Å². The van der Waals surface area contributed by atoms with Gasteiger partial charge in [-0.15, -0.1) is 0 Å². The zero-order valence-electron chi connectivity index (χ0n) is 19.5. The highest BCUT2D eigenvalue weighted by molar-refractivity contribution is 6.26. The number of carbonyl (C=O) groups is 3. The Bertz CT molecular complexity index is 1360. The van der Waals surface area contributed by atoms with Crippen LogP contribution in [0.15, 0.2) is 30.3 Å². The van der Waals surface area contributed by atoms with E-state index in [1.165, 1.54) is 25.3 Å². The molecule has 4 aliphatic heterocycles. The molecule has 1 N–H and O–H groups in total. The van der Waals surface area contributed by atoms with Crippen molar-refractivity contribution in [1.29, 1.82) is 0 Å². The molecular weight excluding hydrogens is 452 g/mol. The molecular formula is C25H24N4O6. The van der Waals surface area contributed by atoms with Crippen LogP contribution < -0.4 is 15.0 Å².